The Morgan fingerprint density at radius 3 is 2.27 bits per heavy atom. The van der Waals surface area contributed by atoms with Crippen LogP contribution in [0.15, 0.2) is 48.5 Å². The van der Waals surface area contributed by atoms with Crippen molar-refractivity contribution in [2.45, 2.75) is 52.1 Å². The SMILES string of the molecule is CC[C@@H](C)NC(=O)[C@H](NC(=O)c1ccccc1F)C1CCN(C(=O)c2ccc(C)cc2)CC1. The van der Waals surface area contributed by atoms with E-state index in [1.807, 2.05) is 45.0 Å². The van der Waals surface area contributed by atoms with Crippen molar-refractivity contribution in [1.29, 1.82) is 0 Å². The smallest absolute Gasteiger partial charge is 0.254 e. The van der Waals surface area contributed by atoms with E-state index in [1.165, 1.54) is 18.2 Å². The summed E-state index contributed by atoms with van der Waals surface area (Å²) < 4.78 is 14.1. The zero-order valence-electron chi connectivity index (χ0n) is 19.4. The van der Waals surface area contributed by atoms with E-state index in [-0.39, 0.29) is 29.3 Å². The molecule has 0 radical (unpaired) electrons. The summed E-state index contributed by atoms with van der Waals surface area (Å²) in [5.74, 6) is -1.72. The van der Waals surface area contributed by atoms with E-state index in [0.29, 0.717) is 31.5 Å². The zero-order valence-corrected chi connectivity index (χ0v) is 19.4. The van der Waals surface area contributed by atoms with Gasteiger partial charge in [-0.1, -0.05) is 36.8 Å². The standard InChI is InChI=1S/C26H32FN3O3/c1-4-18(3)28-25(32)23(29-24(31)21-7-5-6-8-22(21)27)19-13-15-30(16-14-19)26(33)20-11-9-17(2)10-12-20/h5-12,18-19,23H,4,13-16H2,1-3H3,(H,28,32)(H,29,31)/t18-,23-/m1/s1. The third-order valence-corrected chi connectivity index (χ3v) is 6.29. The van der Waals surface area contributed by atoms with Crippen LogP contribution in [0.3, 0.4) is 0 Å². The van der Waals surface area contributed by atoms with Gasteiger partial charge in [0.05, 0.1) is 5.56 Å². The third kappa shape index (κ3) is 6.18. The largest absolute Gasteiger partial charge is 0.352 e. The first-order valence-electron chi connectivity index (χ1n) is 11.5. The summed E-state index contributed by atoms with van der Waals surface area (Å²) in [4.78, 5) is 40.4. The minimum atomic E-state index is -0.803. The summed E-state index contributed by atoms with van der Waals surface area (Å²) in [6, 6.07) is 12.3. The summed E-state index contributed by atoms with van der Waals surface area (Å²) in [5.41, 5.74) is 1.63. The molecule has 3 rings (SSSR count). The molecule has 1 heterocycles. The number of likely N-dealkylation sites (tertiary alicyclic amines) is 1. The number of hydrogen-bond donors (Lipinski definition) is 2. The predicted octanol–water partition coefficient (Wildman–Crippen LogP) is 3.70. The molecule has 0 spiro atoms. The number of aryl methyl sites for hydroxylation is 1. The van der Waals surface area contributed by atoms with Gasteiger partial charge in [-0.3, -0.25) is 14.4 Å². The minimum absolute atomic E-state index is 0.0375. The highest BCUT2D eigenvalue weighted by Crippen LogP contribution is 2.23. The Kier molecular flexibility index (Phi) is 8.20. The van der Waals surface area contributed by atoms with E-state index in [0.717, 1.165) is 12.0 Å². The lowest BCUT2D eigenvalue weighted by molar-refractivity contribution is -0.125. The van der Waals surface area contributed by atoms with E-state index in [9.17, 15) is 18.8 Å². The van der Waals surface area contributed by atoms with Gasteiger partial charge in [-0.05, 0) is 63.3 Å². The normalized spacial score (nSPS) is 16.1. The lowest BCUT2D eigenvalue weighted by atomic mass is 9.88. The maximum atomic E-state index is 14.1. The van der Waals surface area contributed by atoms with Gasteiger partial charge in [0.2, 0.25) is 5.91 Å². The third-order valence-electron chi connectivity index (χ3n) is 6.29. The quantitative estimate of drug-likeness (QED) is 0.671. The summed E-state index contributed by atoms with van der Waals surface area (Å²) >= 11 is 0. The second-order valence-corrected chi connectivity index (χ2v) is 8.74. The molecule has 0 aliphatic carbocycles. The molecule has 1 aliphatic rings. The fourth-order valence-electron chi connectivity index (χ4n) is 4.01. The van der Waals surface area contributed by atoms with E-state index in [1.54, 1.807) is 11.0 Å². The van der Waals surface area contributed by atoms with Crippen LogP contribution in [-0.4, -0.2) is 47.8 Å². The van der Waals surface area contributed by atoms with Crippen molar-refractivity contribution >= 4 is 17.7 Å². The van der Waals surface area contributed by atoms with Gasteiger partial charge in [0.15, 0.2) is 0 Å². The van der Waals surface area contributed by atoms with Crippen molar-refractivity contribution in [2.75, 3.05) is 13.1 Å². The molecule has 1 saturated heterocycles. The number of hydrogen-bond acceptors (Lipinski definition) is 3. The fraction of sp³-hybridized carbons (Fsp3) is 0.423. The summed E-state index contributed by atoms with van der Waals surface area (Å²) in [6.07, 6.45) is 1.88. The number of nitrogens with one attached hydrogen (secondary N) is 2. The summed E-state index contributed by atoms with van der Waals surface area (Å²) in [5, 5.41) is 5.70. The molecule has 3 amide bonds. The Morgan fingerprint density at radius 1 is 1.03 bits per heavy atom. The van der Waals surface area contributed by atoms with Gasteiger partial charge < -0.3 is 15.5 Å². The Balaban J connectivity index is 1.71. The topological polar surface area (TPSA) is 78.5 Å². The first-order valence-corrected chi connectivity index (χ1v) is 11.5. The highest BCUT2D eigenvalue weighted by Gasteiger charge is 2.34. The second kappa shape index (κ2) is 11.1. The number of nitrogens with zero attached hydrogens (tertiary/aromatic N) is 1. The number of benzene rings is 2. The van der Waals surface area contributed by atoms with Crippen LogP contribution in [0.25, 0.3) is 0 Å². The van der Waals surface area contributed by atoms with Crippen LogP contribution in [0.5, 0.6) is 0 Å². The van der Waals surface area contributed by atoms with Crippen LogP contribution in [0.4, 0.5) is 4.39 Å². The maximum absolute atomic E-state index is 14.1. The summed E-state index contributed by atoms with van der Waals surface area (Å²) in [6.45, 7) is 6.81. The molecule has 0 unspecified atom stereocenters. The molecule has 1 aliphatic heterocycles. The maximum Gasteiger partial charge on any atom is 0.254 e. The van der Waals surface area contributed by atoms with Gasteiger partial charge >= 0.3 is 0 Å². The molecule has 2 aromatic carbocycles. The van der Waals surface area contributed by atoms with Crippen LogP contribution in [0, 0.1) is 18.7 Å². The van der Waals surface area contributed by atoms with Crippen molar-refractivity contribution in [2.24, 2.45) is 5.92 Å². The first-order chi connectivity index (χ1) is 15.8. The lowest BCUT2D eigenvalue weighted by Crippen LogP contribution is -2.55. The number of carbonyl (C=O) groups is 3. The van der Waals surface area contributed by atoms with E-state index in [4.69, 9.17) is 0 Å². The molecule has 1 fully saturated rings. The molecule has 33 heavy (non-hydrogen) atoms. The Labute approximate surface area is 194 Å². The molecule has 6 nitrogen and oxygen atoms in total. The van der Waals surface area contributed by atoms with Crippen molar-refractivity contribution in [3.05, 3.63) is 71.0 Å². The van der Waals surface area contributed by atoms with Gasteiger partial charge in [-0.25, -0.2) is 4.39 Å². The van der Waals surface area contributed by atoms with Gasteiger partial charge in [-0.15, -0.1) is 0 Å². The molecule has 0 aromatic heterocycles. The zero-order chi connectivity index (χ0) is 24.0. The predicted molar refractivity (Wildman–Crippen MR) is 125 cm³/mol. The summed E-state index contributed by atoms with van der Waals surface area (Å²) in [7, 11) is 0. The Hall–Kier alpha value is -3.22. The number of amides is 3. The number of carbonyl (C=O) groups excluding carboxylic acids is 3. The minimum Gasteiger partial charge on any atom is -0.352 e. The fourth-order valence-corrected chi connectivity index (χ4v) is 4.01. The molecule has 176 valence electrons. The number of piperidine rings is 1. The van der Waals surface area contributed by atoms with Crippen LogP contribution < -0.4 is 10.6 Å². The first kappa shape index (κ1) is 24.4. The van der Waals surface area contributed by atoms with Gasteiger partial charge in [0.1, 0.15) is 11.9 Å². The molecular formula is C26H32FN3O3. The number of rotatable bonds is 7. The van der Waals surface area contributed by atoms with Gasteiger partial charge in [0, 0.05) is 24.7 Å². The van der Waals surface area contributed by atoms with Crippen molar-refractivity contribution in [1.82, 2.24) is 15.5 Å². The van der Waals surface area contributed by atoms with Crippen LogP contribution in [0.2, 0.25) is 0 Å². The van der Waals surface area contributed by atoms with E-state index in [2.05, 4.69) is 10.6 Å². The van der Waals surface area contributed by atoms with Crippen LogP contribution in [-0.2, 0) is 4.79 Å². The van der Waals surface area contributed by atoms with Crippen LogP contribution in [0.1, 0.15) is 59.4 Å². The Bertz CT molecular complexity index is 985. The van der Waals surface area contributed by atoms with E-state index >= 15 is 0 Å². The van der Waals surface area contributed by atoms with Crippen molar-refractivity contribution < 1.29 is 18.8 Å². The van der Waals surface area contributed by atoms with Crippen LogP contribution >= 0.6 is 0 Å². The highest BCUT2D eigenvalue weighted by molar-refractivity contribution is 5.98. The molecule has 0 saturated carbocycles. The molecule has 0 bridgehead atoms. The highest BCUT2D eigenvalue weighted by atomic mass is 19.1. The average Bonchev–Trinajstić information content (AvgIpc) is 2.82. The van der Waals surface area contributed by atoms with Gasteiger partial charge in [-0.2, -0.15) is 0 Å². The number of halogens is 1. The average molecular weight is 454 g/mol. The molecule has 2 aromatic rings. The van der Waals surface area contributed by atoms with E-state index < -0.39 is 17.8 Å². The monoisotopic (exact) mass is 453 g/mol. The molecular weight excluding hydrogens is 421 g/mol. The molecule has 7 heteroatoms. The Morgan fingerprint density at radius 2 is 1.67 bits per heavy atom. The molecule has 2 atom stereocenters. The van der Waals surface area contributed by atoms with Gasteiger partial charge in [0.25, 0.3) is 11.8 Å². The van der Waals surface area contributed by atoms with Crippen molar-refractivity contribution in [3.63, 3.8) is 0 Å². The lowest BCUT2D eigenvalue weighted by Gasteiger charge is -2.36. The molecule has 2 N–H and O–H groups in total. The second-order valence-electron chi connectivity index (χ2n) is 8.74. The van der Waals surface area contributed by atoms with Crippen molar-refractivity contribution in [3.8, 4) is 0 Å².